The number of amides is 1. The third-order valence-corrected chi connectivity index (χ3v) is 8.01. The van der Waals surface area contributed by atoms with Crippen molar-refractivity contribution in [3.05, 3.63) is 53.1 Å². The monoisotopic (exact) mass is 492 g/mol. The van der Waals surface area contributed by atoms with Crippen LogP contribution in [0, 0.1) is 0 Å². The molecule has 0 unspecified atom stereocenters. The molecule has 0 aliphatic carbocycles. The summed E-state index contributed by atoms with van der Waals surface area (Å²) in [5, 5.41) is 11.2. The molecule has 32 heavy (non-hydrogen) atoms. The van der Waals surface area contributed by atoms with Gasteiger partial charge in [-0.15, -0.1) is 10.2 Å². The lowest BCUT2D eigenvalue weighted by Gasteiger charge is -2.26. The Morgan fingerprint density at radius 3 is 2.59 bits per heavy atom. The van der Waals surface area contributed by atoms with E-state index in [1.165, 1.54) is 34.3 Å². The minimum Gasteiger partial charge on any atom is -0.411 e. The van der Waals surface area contributed by atoms with Crippen LogP contribution in [0.4, 0.5) is 5.69 Å². The van der Waals surface area contributed by atoms with E-state index in [1.54, 1.807) is 24.3 Å². The number of hydrogen-bond acceptors (Lipinski definition) is 7. The maximum Gasteiger partial charge on any atom is 0.276 e. The van der Waals surface area contributed by atoms with Crippen molar-refractivity contribution in [1.29, 1.82) is 0 Å². The van der Waals surface area contributed by atoms with Crippen molar-refractivity contribution in [2.24, 2.45) is 0 Å². The average molecular weight is 493 g/mol. The summed E-state index contributed by atoms with van der Waals surface area (Å²) >= 11 is 7.54. The number of aromatic nitrogens is 2. The molecule has 1 aliphatic rings. The molecule has 2 heterocycles. The van der Waals surface area contributed by atoms with Crippen LogP contribution < -0.4 is 5.32 Å². The fourth-order valence-electron chi connectivity index (χ4n) is 3.46. The molecule has 4 rings (SSSR count). The molecule has 2 aromatic carbocycles. The zero-order chi connectivity index (χ0) is 22.7. The first-order chi connectivity index (χ1) is 15.4. The summed E-state index contributed by atoms with van der Waals surface area (Å²) in [7, 11) is -3.79. The fraction of sp³-hybridized carbons (Fsp3) is 0.286. The zero-order valence-corrected chi connectivity index (χ0v) is 19.6. The van der Waals surface area contributed by atoms with Crippen LogP contribution >= 0.6 is 23.4 Å². The van der Waals surface area contributed by atoms with E-state index in [0.717, 1.165) is 19.3 Å². The lowest BCUT2D eigenvalue weighted by Crippen LogP contribution is -2.35. The summed E-state index contributed by atoms with van der Waals surface area (Å²) in [4.78, 5) is 12.9. The normalized spacial score (nSPS) is 14.9. The Labute approximate surface area is 195 Å². The van der Waals surface area contributed by atoms with Crippen molar-refractivity contribution in [2.45, 2.75) is 29.4 Å². The molecule has 1 saturated heterocycles. The van der Waals surface area contributed by atoms with Crippen LogP contribution in [-0.2, 0) is 10.0 Å². The number of rotatable bonds is 6. The highest BCUT2D eigenvalue weighted by Gasteiger charge is 2.29. The number of nitrogens with one attached hydrogen (secondary N) is 1. The van der Waals surface area contributed by atoms with Gasteiger partial charge in [-0.2, -0.15) is 4.31 Å². The van der Waals surface area contributed by atoms with Gasteiger partial charge in [0, 0.05) is 18.7 Å². The van der Waals surface area contributed by atoms with E-state index >= 15 is 0 Å². The molecule has 11 heteroatoms. The van der Waals surface area contributed by atoms with Crippen molar-refractivity contribution in [1.82, 2.24) is 14.5 Å². The molecule has 1 N–H and O–H groups in total. The van der Waals surface area contributed by atoms with Gasteiger partial charge >= 0.3 is 0 Å². The number of piperidine rings is 1. The smallest absolute Gasteiger partial charge is 0.276 e. The highest BCUT2D eigenvalue weighted by molar-refractivity contribution is 7.98. The van der Waals surface area contributed by atoms with Crippen LogP contribution in [0.5, 0.6) is 0 Å². The third-order valence-electron chi connectivity index (χ3n) is 5.11. The van der Waals surface area contributed by atoms with Gasteiger partial charge in [0.2, 0.25) is 10.0 Å². The number of anilines is 1. The number of thioether (sulfide) groups is 1. The molecule has 1 amide bonds. The van der Waals surface area contributed by atoms with Crippen molar-refractivity contribution in [2.75, 3.05) is 24.7 Å². The average Bonchev–Trinajstić information content (AvgIpc) is 3.29. The number of halogens is 1. The van der Waals surface area contributed by atoms with E-state index in [-0.39, 0.29) is 21.4 Å². The minimum absolute atomic E-state index is 0.0662. The van der Waals surface area contributed by atoms with E-state index in [4.69, 9.17) is 16.0 Å². The fourth-order valence-corrected chi connectivity index (χ4v) is 5.76. The van der Waals surface area contributed by atoms with Crippen molar-refractivity contribution in [3.8, 4) is 11.5 Å². The van der Waals surface area contributed by atoms with E-state index in [9.17, 15) is 13.2 Å². The number of carbonyl (C=O) groups excluding carboxylic acids is 1. The molecule has 0 bridgehead atoms. The standard InChI is InChI=1S/C21H21ClN4O4S2/c1-31-21-25-24-20(30-21)15-7-3-4-8-17(15)23-19(27)14-9-10-16(22)18(13-14)32(28,29)26-11-5-2-6-12-26/h3-4,7-10,13H,2,5-6,11-12H2,1H3,(H,23,27). The van der Waals surface area contributed by atoms with Gasteiger partial charge in [-0.25, -0.2) is 8.42 Å². The first-order valence-corrected chi connectivity index (χ1v) is 13.0. The maximum absolute atomic E-state index is 13.1. The molecule has 1 aliphatic heterocycles. The second-order valence-corrected chi connectivity index (χ2v) is 10.3. The lowest BCUT2D eigenvalue weighted by molar-refractivity contribution is 0.102. The highest BCUT2D eigenvalue weighted by atomic mass is 35.5. The number of carbonyl (C=O) groups is 1. The van der Waals surface area contributed by atoms with Gasteiger partial charge in [0.25, 0.3) is 17.0 Å². The predicted molar refractivity (Wildman–Crippen MR) is 124 cm³/mol. The number of benzene rings is 2. The molecular formula is C21H21ClN4O4S2. The summed E-state index contributed by atoms with van der Waals surface area (Å²) < 4.78 is 33.2. The quantitative estimate of drug-likeness (QED) is 0.503. The summed E-state index contributed by atoms with van der Waals surface area (Å²) in [5.74, 6) is -0.205. The SMILES string of the molecule is CSc1nnc(-c2ccccc2NC(=O)c2ccc(Cl)c(S(=O)(=O)N3CCCCC3)c2)o1. The Morgan fingerprint density at radius 2 is 1.88 bits per heavy atom. The first-order valence-electron chi connectivity index (χ1n) is 9.98. The molecule has 8 nitrogen and oxygen atoms in total. The van der Waals surface area contributed by atoms with Crippen LogP contribution in [0.2, 0.25) is 5.02 Å². The Hall–Kier alpha value is -2.40. The number of para-hydroxylation sites is 1. The summed E-state index contributed by atoms with van der Waals surface area (Å²) in [5.41, 5.74) is 1.20. The van der Waals surface area contributed by atoms with Crippen LogP contribution in [0.3, 0.4) is 0 Å². The number of sulfonamides is 1. The van der Waals surface area contributed by atoms with Crippen molar-refractivity contribution < 1.29 is 17.6 Å². The molecule has 1 fully saturated rings. The van der Waals surface area contributed by atoms with E-state index in [2.05, 4.69) is 15.5 Å². The predicted octanol–water partition coefficient (Wildman–Crippen LogP) is 4.54. The first kappa shape index (κ1) is 22.8. The number of nitrogens with zero attached hydrogens (tertiary/aromatic N) is 3. The number of hydrogen-bond donors (Lipinski definition) is 1. The Morgan fingerprint density at radius 1 is 1.12 bits per heavy atom. The Bertz CT molecular complexity index is 1240. The van der Waals surface area contributed by atoms with Gasteiger partial charge in [0.1, 0.15) is 4.90 Å². The Kier molecular flexibility index (Phi) is 6.85. The van der Waals surface area contributed by atoms with Crippen molar-refractivity contribution >= 4 is 45.0 Å². The summed E-state index contributed by atoms with van der Waals surface area (Å²) in [6, 6.07) is 11.3. The van der Waals surface area contributed by atoms with Gasteiger partial charge in [-0.3, -0.25) is 4.79 Å². The van der Waals surface area contributed by atoms with Crippen LogP contribution in [-0.4, -0.2) is 48.2 Å². The summed E-state index contributed by atoms with van der Waals surface area (Å²) in [6.07, 6.45) is 4.44. The molecule has 0 atom stereocenters. The van der Waals surface area contributed by atoms with Crippen LogP contribution in [0.1, 0.15) is 29.6 Å². The molecule has 0 saturated carbocycles. The second-order valence-electron chi connectivity index (χ2n) is 7.19. The molecule has 0 spiro atoms. The molecular weight excluding hydrogens is 472 g/mol. The van der Waals surface area contributed by atoms with E-state index < -0.39 is 15.9 Å². The largest absolute Gasteiger partial charge is 0.411 e. The third kappa shape index (κ3) is 4.68. The molecule has 168 valence electrons. The van der Waals surface area contributed by atoms with E-state index in [1.807, 2.05) is 6.26 Å². The zero-order valence-electron chi connectivity index (χ0n) is 17.2. The molecule has 0 radical (unpaired) electrons. The molecule has 3 aromatic rings. The van der Waals surface area contributed by atoms with Crippen LogP contribution in [0.15, 0.2) is 57.0 Å². The topological polar surface area (TPSA) is 105 Å². The van der Waals surface area contributed by atoms with Gasteiger partial charge in [-0.1, -0.05) is 41.9 Å². The van der Waals surface area contributed by atoms with Gasteiger partial charge in [0.15, 0.2) is 0 Å². The van der Waals surface area contributed by atoms with Gasteiger partial charge < -0.3 is 9.73 Å². The lowest BCUT2D eigenvalue weighted by atomic mass is 10.1. The van der Waals surface area contributed by atoms with E-state index in [0.29, 0.717) is 29.6 Å². The molecule has 1 aromatic heterocycles. The van der Waals surface area contributed by atoms with Gasteiger partial charge in [-0.05, 0) is 49.4 Å². The van der Waals surface area contributed by atoms with Crippen LogP contribution in [0.25, 0.3) is 11.5 Å². The van der Waals surface area contributed by atoms with Gasteiger partial charge in [0.05, 0.1) is 16.3 Å². The Balaban J connectivity index is 1.62. The maximum atomic E-state index is 13.1. The minimum atomic E-state index is -3.79. The highest BCUT2D eigenvalue weighted by Crippen LogP contribution is 2.31. The second kappa shape index (κ2) is 9.62. The van der Waals surface area contributed by atoms with Crippen molar-refractivity contribution in [3.63, 3.8) is 0 Å². The summed E-state index contributed by atoms with van der Waals surface area (Å²) in [6.45, 7) is 0.898.